The highest BCUT2D eigenvalue weighted by Gasteiger charge is 2.27. The van der Waals surface area contributed by atoms with Gasteiger partial charge in [-0.25, -0.2) is 4.98 Å². The largest absolute Gasteiger partial charge is 0.493 e. The van der Waals surface area contributed by atoms with Crippen LogP contribution >= 0.6 is 0 Å². The summed E-state index contributed by atoms with van der Waals surface area (Å²) in [5.41, 5.74) is 4.21. The van der Waals surface area contributed by atoms with E-state index in [1.54, 1.807) is 7.11 Å². The quantitative estimate of drug-likeness (QED) is 0.728. The van der Waals surface area contributed by atoms with Gasteiger partial charge in [0.25, 0.3) is 5.91 Å². The number of carbonyl (C=O) groups excluding carboxylic acids is 1. The second kappa shape index (κ2) is 5.67. The number of amides is 1. The Kier molecular flexibility index (Phi) is 3.49. The Morgan fingerprint density at radius 1 is 1.21 bits per heavy atom. The molecule has 0 unspecified atom stereocenters. The van der Waals surface area contributed by atoms with Crippen molar-refractivity contribution >= 4 is 17.2 Å². The molecule has 0 saturated heterocycles. The molecular formula is C19H19N3O2. The minimum atomic E-state index is -0.0135. The first-order chi connectivity index (χ1) is 11.7. The van der Waals surface area contributed by atoms with E-state index in [-0.39, 0.29) is 5.91 Å². The maximum atomic E-state index is 13.3. The van der Waals surface area contributed by atoms with E-state index in [1.165, 1.54) is 5.56 Å². The second-order valence-electron chi connectivity index (χ2n) is 6.01. The van der Waals surface area contributed by atoms with Gasteiger partial charge < -0.3 is 9.64 Å². The zero-order valence-electron chi connectivity index (χ0n) is 13.8. The van der Waals surface area contributed by atoms with Crippen LogP contribution in [0.3, 0.4) is 0 Å². The monoisotopic (exact) mass is 321 g/mol. The van der Waals surface area contributed by atoms with Crippen LogP contribution in [-0.4, -0.2) is 28.9 Å². The van der Waals surface area contributed by atoms with Crippen LogP contribution in [0.15, 0.2) is 42.6 Å². The van der Waals surface area contributed by atoms with Crippen LogP contribution in [0.2, 0.25) is 0 Å². The lowest BCUT2D eigenvalue weighted by molar-refractivity contribution is 0.0979. The van der Waals surface area contributed by atoms with Crippen molar-refractivity contribution in [3.05, 3.63) is 59.5 Å². The number of fused-ring (bicyclic) bond motifs is 2. The number of hydrogen-bond acceptors (Lipinski definition) is 3. The first-order valence-electron chi connectivity index (χ1n) is 8.12. The van der Waals surface area contributed by atoms with E-state index in [0.29, 0.717) is 22.8 Å². The van der Waals surface area contributed by atoms with Gasteiger partial charge >= 0.3 is 0 Å². The van der Waals surface area contributed by atoms with Crippen LogP contribution in [-0.2, 0) is 6.42 Å². The van der Waals surface area contributed by atoms with Gasteiger partial charge in [0.2, 0.25) is 0 Å². The zero-order valence-corrected chi connectivity index (χ0v) is 13.8. The molecule has 1 amide bonds. The zero-order chi connectivity index (χ0) is 16.7. The number of para-hydroxylation sites is 1. The third-order valence-electron chi connectivity index (χ3n) is 4.57. The van der Waals surface area contributed by atoms with Crippen molar-refractivity contribution in [3.8, 4) is 5.75 Å². The average Bonchev–Trinajstić information content (AvgIpc) is 2.96. The number of pyridine rings is 1. The van der Waals surface area contributed by atoms with Gasteiger partial charge in [-0.3, -0.25) is 9.20 Å². The summed E-state index contributed by atoms with van der Waals surface area (Å²) in [6.07, 6.45) is 3.85. The fraction of sp³-hybridized carbons (Fsp3) is 0.263. The lowest BCUT2D eigenvalue weighted by Crippen LogP contribution is -2.36. The van der Waals surface area contributed by atoms with Gasteiger partial charge in [0.1, 0.15) is 5.69 Å². The maximum absolute atomic E-state index is 13.3. The van der Waals surface area contributed by atoms with Gasteiger partial charge in [0.05, 0.1) is 12.8 Å². The van der Waals surface area contributed by atoms with Crippen LogP contribution in [0.1, 0.15) is 28.2 Å². The van der Waals surface area contributed by atoms with E-state index in [1.807, 2.05) is 52.8 Å². The highest BCUT2D eigenvalue weighted by atomic mass is 16.5. The molecule has 0 atom stereocenters. The molecule has 0 N–H and O–H groups in total. The molecule has 2 aromatic heterocycles. The molecule has 4 rings (SSSR count). The summed E-state index contributed by atoms with van der Waals surface area (Å²) in [7, 11) is 1.61. The second-order valence-corrected chi connectivity index (χ2v) is 6.01. The fourth-order valence-corrected chi connectivity index (χ4v) is 3.45. The number of aryl methyl sites for hydroxylation is 2. The number of nitrogens with zero attached hydrogens (tertiary/aromatic N) is 3. The summed E-state index contributed by atoms with van der Waals surface area (Å²) < 4.78 is 7.20. The van der Waals surface area contributed by atoms with E-state index in [0.717, 1.165) is 25.1 Å². The number of benzene rings is 1. The van der Waals surface area contributed by atoms with Gasteiger partial charge in [0, 0.05) is 18.4 Å². The SMILES string of the molecule is COc1cccn2c(C(=O)N3CCCc4ccccc43)c(C)nc12. The molecule has 122 valence electrons. The molecule has 5 nitrogen and oxygen atoms in total. The smallest absolute Gasteiger partial charge is 0.277 e. The van der Waals surface area contributed by atoms with Crippen LogP contribution in [0, 0.1) is 6.92 Å². The molecule has 3 aromatic rings. The molecule has 0 saturated carbocycles. The standard InChI is InChI=1S/C19H19N3O2/c1-13-17(22-12-6-10-16(24-2)18(22)20-13)19(23)21-11-5-8-14-7-3-4-9-15(14)21/h3-4,6-7,9-10,12H,5,8,11H2,1-2H3. The highest BCUT2D eigenvalue weighted by molar-refractivity contribution is 6.07. The number of imidazole rings is 1. The number of ether oxygens (including phenoxy) is 1. The van der Waals surface area contributed by atoms with Crippen molar-refractivity contribution in [1.82, 2.24) is 9.38 Å². The summed E-state index contributed by atoms with van der Waals surface area (Å²) in [6, 6.07) is 11.8. The van der Waals surface area contributed by atoms with Gasteiger partial charge in [-0.1, -0.05) is 18.2 Å². The Labute approximate surface area is 140 Å². The van der Waals surface area contributed by atoms with E-state index in [9.17, 15) is 4.79 Å². The van der Waals surface area contributed by atoms with Crippen LogP contribution in [0.25, 0.3) is 5.65 Å². The van der Waals surface area contributed by atoms with E-state index in [4.69, 9.17) is 4.74 Å². The molecule has 1 aliphatic rings. The normalized spacial score (nSPS) is 13.8. The predicted molar refractivity (Wildman–Crippen MR) is 92.9 cm³/mol. The van der Waals surface area contributed by atoms with Crippen molar-refractivity contribution in [2.45, 2.75) is 19.8 Å². The summed E-state index contributed by atoms with van der Waals surface area (Å²) >= 11 is 0. The van der Waals surface area contributed by atoms with Crippen LogP contribution < -0.4 is 9.64 Å². The van der Waals surface area contributed by atoms with E-state index < -0.39 is 0 Å². The summed E-state index contributed by atoms with van der Waals surface area (Å²) in [5.74, 6) is 0.652. The Morgan fingerprint density at radius 2 is 2.04 bits per heavy atom. The highest BCUT2D eigenvalue weighted by Crippen LogP contribution is 2.29. The summed E-state index contributed by atoms with van der Waals surface area (Å²) in [5, 5.41) is 0. The molecule has 3 heterocycles. The predicted octanol–water partition coefficient (Wildman–Crippen LogP) is 3.24. The molecule has 1 aromatic carbocycles. The first-order valence-corrected chi connectivity index (χ1v) is 8.12. The number of rotatable bonds is 2. The Balaban J connectivity index is 1.84. The number of hydrogen-bond donors (Lipinski definition) is 0. The lowest BCUT2D eigenvalue weighted by atomic mass is 10.0. The molecule has 0 spiro atoms. The number of aromatic nitrogens is 2. The topological polar surface area (TPSA) is 46.8 Å². The third kappa shape index (κ3) is 2.16. The minimum absolute atomic E-state index is 0.0135. The van der Waals surface area contributed by atoms with Gasteiger partial charge in [-0.15, -0.1) is 0 Å². The van der Waals surface area contributed by atoms with E-state index in [2.05, 4.69) is 11.1 Å². The summed E-state index contributed by atoms with van der Waals surface area (Å²) in [6.45, 7) is 2.60. The van der Waals surface area contributed by atoms with Crippen molar-refractivity contribution in [2.75, 3.05) is 18.6 Å². The Morgan fingerprint density at radius 3 is 2.88 bits per heavy atom. The Bertz CT molecular complexity index is 930. The summed E-state index contributed by atoms with van der Waals surface area (Å²) in [4.78, 5) is 19.7. The number of anilines is 1. The van der Waals surface area contributed by atoms with Crippen molar-refractivity contribution < 1.29 is 9.53 Å². The molecule has 24 heavy (non-hydrogen) atoms. The van der Waals surface area contributed by atoms with Crippen LogP contribution in [0.5, 0.6) is 5.75 Å². The molecule has 0 bridgehead atoms. The van der Waals surface area contributed by atoms with Crippen LogP contribution in [0.4, 0.5) is 5.69 Å². The molecule has 0 fully saturated rings. The maximum Gasteiger partial charge on any atom is 0.277 e. The van der Waals surface area contributed by atoms with E-state index >= 15 is 0 Å². The third-order valence-corrected chi connectivity index (χ3v) is 4.57. The van der Waals surface area contributed by atoms with Gasteiger partial charge in [0.15, 0.2) is 11.4 Å². The number of carbonyl (C=O) groups is 1. The number of methoxy groups -OCH3 is 1. The lowest BCUT2D eigenvalue weighted by Gasteiger charge is -2.29. The fourth-order valence-electron chi connectivity index (χ4n) is 3.45. The van der Waals surface area contributed by atoms with Crippen molar-refractivity contribution in [2.24, 2.45) is 0 Å². The average molecular weight is 321 g/mol. The minimum Gasteiger partial charge on any atom is -0.493 e. The Hall–Kier alpha value is -2.82. The molecule has 5 heteroatoms. The van der Waals surface area contributed by atoms with Gasteiger partial charge in [-0.2, -0.15) is 0 Å². The molecule has 1 aliphatic heterocycles. The molecular weight excluding hydrogens is 302 g/mol. The first kappa shape index (κ1) is 14.8. The molecule has 0 radical (unpaired) electrons. The van der Waals surface area contributed by atoms with Crippen molar-refractivity contribution in [1.29, 1.82) is 0 Å². The van der Waals surface area contributed by atoms with Crippen molar-refractivity contribution in [3.63, 3.8) is 0 Å². The molecule has 0 aliphatic carbocycles. The van der Waals surface area contributed by atoms with Gasteiger partial charge in [-0.05, 0) is 43.5 Å².